The predicted molar refractivity (Wildman–Crippen MR) is 76.6 cm³/mol. The van der Waals surface area contributed by atoms with Crippen molar-refractivity contribution in [2.45, 2.75) is 24.9 Å². The first kappa shape index (κ1) is 12.8. The van der Waals surface area contributed by atoms with Crippen LogP contribution in [-0.4, -0.2) is 10.7 Å². The minimum absolute atomic E-state index is 0.281. The van der Waals surface area contributed by atoms with Gasteiger partial charge in [0, 0.05) is 19.3 Å². The SMILES string of the molecule is OC1(Cc2cccc(F)c2Br)Cc2ccccc2C1. The Kier molecular flexibility index (Phi) is 3.19. The standard InChI is InChI=1S/C16H14BrFO/c17-15-13(6-3-7-14(15)18)10-16(19)8-11-4-1-2-5-12(11)9-16/h1-7,19H,8-10H2. The second kappa shape index (κ2) is 4.73. The molecule has 0 bridgehead atoms. The maximum Gasteiger partial charge on any atom is 0.137 e. The highest BCUT2D eigenvalue weighted by Gasteiger charge is 2.35. The van der Waals surface area contributed by atoms with Crippen LogP contribution in [0.1, 0.15) is 16.7 Å². The molecule has 0 saturated carbocycles. The molecule has 3 rings (SSSR count). The highest BCUT2D eigenvalue weighted by Crippen LogP contribution is 2.34. The monoisotopic (exact) mass is 320 g/mol. The first-order valence-corrected chi connectivity index (χ1v) is 7.09. The lowest BCUT2D eigenvalue weighted by Gasteiger charge is -2.23. The second-order valence-corrected chi connectivity index (χ2v) is 6.03. The van der Waals surface area contributed by atoms with Gasteiger partial charge in [0.05, 0.1) is 10.1 Å². The minimum atomic E-state index is -0.806. The molecular weight excluding hydrogens is 307 g/mol. The fraction of sp³-hybridized carbons (Fsp3) is 0.250. The van der Waals surface area contributed by atoms with Crippen LogP contribution in [0.2, 0.25) is 0 Å². The summed E-state index contributed by atoms with van der Waals surface area (Å²) in [6.45, 7) is 0. The molecule has 3 heteroatoms. The van der Waals surface area contributed by atoms with Crippen molar-refractivity contribution in [3.63, 3.8) is 0 Å². The van der Waals surface area contributed by atoms with Crippen LogP contribution in [0.25, 0.3) is 0 Å². The van der Waals surface area contributed by atoms with Gasteiger partial charge in [0.2, 0.25) is 0 Å². The van der Waals surface area contributed by atoms with Crippen LogP contribution in [0.15, 0.2) is 46.9 Å². The van der Waals surface area contributed by atoms with E-state index in [1.54, 1.807) is 6.07 Å². The molecule has 0 amide bonds. The predicted octanol–water partition coefficient (Wildman–Crippen LogP) is 3.66. The molecule has 1 nitrogen and oxygen atoms in total. The van der Waals surface area contributed by atoms with Crippen molar-refractivity contribution in [2.75, 3.05) is 0 Å². The van der Waals surface area contributed by atoms with Crippen molar-refractivity contribution in [3.8, 4) is 0 Å². The molecule has 0 radical (unpaired) electrons. The molecule has 2 aromatic carbocycles. The molecule has 19 heavy (non-hydrogen) atoms. The van der Waals surface area contributed by atoms with Crippen molar-refractivity contribution in [2.24, 2.45) is 0 Å². The number of benzene rings is 2. The Labute approximate surface area is 120 Å². The lowest BCUT2D eigenvalue weighted by atomic mass is 9.91. The van der Waals surface area contributed by atoms with Crippen LogP contribution in [0.4, 0.5) is 4.39 Å². The van der Waals surface area contributed by atoms with Gasteiger partial charge in [-0.15, -0.1) is 0 Å². The zero-order valence-electron chi connectivity index (χ0n) is 10.4. The number of rotatable bonds is 2. The molecule has 98 valence electrons. The number of aliphatic hydroxyl groups is 1. The van der Waals surface area contributed by atoms with E-state index in [2.05, 4.69) is 15.9 Å². The second-order valence-electron chi connectivity index (χ2n) is 5.24. The highest BCUT2D eigenvalue weighted by atomic mass is 79.9. The lowest BCUT2D eigenvalue weighted by molar-refractivity contribution is 0.0516. The van der Waals surface area contributed by atoms with E-state index in [-0.39, 0.29) is 5.82 Å². The van der Waals surface area contributed by atoms with Crippen LogP contribution < -0.4 is 0 Å². The van der Waals surface area contributed by atoms with Gasteiger partial charge in [-0.25, -0.2) is 4.39 Å². The number of hydrogen-bond acceptors (Lipinski definition) is 1. The lowest BCUT2D eigenvalue weighted by Crippen LogP contribution is -2.32. The molecule has 0 heterocycles. The van der Waals surface area contributed by atoms with Gasteiger partial charge in [-0.3, -0.25) is 0 Å². The summed E-state index contributed by atoms with van der Waals surface area (Å²) >= 11 is 3.26. The Morgan fingerprint density at radius 3 is 2.32 bits per heavy atom. The summed E-state index contributed by atoms with van der Waals surface area (Å²) in [5.74, 6) is -0.281. The van der Waals surface area contributed by atoms with E-state index in [1.165, 1.54) is 17.2 Å². The quantitative estimate of drug-likeness (QED) is 0.895. The average Bonchev–Trinajstić information content (AvgIpc) is 2.71. The fourth-order valence-corrected chi connectivity index (χ4v) is 3.24. The van der Waals surface area contributed by atoms with E-state index in [0.29, 0.717) is 23.7 Å². The third-order valence-electron chi connectivity index (χ3n) is 3.71. The van der Waals surface area contributed by atoms with Gasteiger partial charge in [-0.05, 0) is 38.7 Å². The molecule has 0 aromatic heterocycles. The van der Waals surface area contributed by atoms with E-state index in [4.69, 9.17) is 0 Å². The van der Waals surface area contributed by atoms with E-state index in [1.807, 2.05) is 30.3 Å². The molecule has 0 atom stereocenters. The Morgan fingerprint density at radius 1 is 1.05 bits per heavy atom. The Hall–Kier alpha value is -1.19. The summed E-state index contributed by atoms with van der Waals surface area (Å²) in [4.78, 5) is 0. The van der Waals surface area contributed by atoms with Crippen LogP contribution in [-0.2, 0) is 19.3 Å². The van der Waals surface area contributed by atoms with E-state index in [0.717, 1.165) is 5.56 Å². The molecule has 0 aliphatic heterocycles. The van der Waals surface area contributed by atoms with Gasteiger partial charge in [0.1, 0.15) is 5.82 Å². The first-order chi connectivity index (χ1) is 9.07. The molecule has 1 aliphatic rings. The zero-order valence-corrected chi connectivity index (χ0v) is 12.0. The molecule has 0 unspecified atom stereocenters. The number of fused-ring (bicyclic) bond motifs is 1. The van der Waals surface area contributed by atoms with Crippen LogP contribution >= 0.6 is 15.9 Å². The van der Waals surface area contributed by atoms with Gasteiger partial charge in [0.25, 0.3) is 0 Å². The van der Waals surface area contributed by atoms with Gasteiger partial charge >= 0.3 is 0 Å². The largest absolute Gasteiger partial charge is 0.389 e. The molecule has 1 N–H and O–H groups in total. The van der Waals surface area contributed by atoms with Gasteiger partial charge in [0.15, 0.2) is 0 Å². The van der Waals surface area contributed by atoms with Crippen molar-refractivity contribution in [1.29, 1.82) is 0 Å². The Balaban J connectivity index is 1.87. The van der Waals surface area contributed by atoms with Gasteiger partial charge in [-0.2, -0.15) is 0 Å². The third-order valence-corrected chi connectivity index (χ3v) is 4.60. The summed E-state index contributed by atoms with van der Waals surface area (Å²) in [7, 11) is 0. The third kappa shape index (κ3) is 2.45. The van der Waals surface area contributed by atoms with Crippen molar-refractivity contribution in [1.82, 2.24) is 0 Å². The fourth-order valence-electron chi connectivity index (χ4n) is 2.84. The van der Waals surface area contributed by atoms with Crippen LogP contribution in [0, 0.1) is 5.82 Å². The van der Waals surface area contributed by atoms with Gasteiger partial charge in [-0.1, -0.05) is 36.4 Å². The average molecular weight is 321 g/mol. The summed E-state index contributed by atoms with van der Waals surface area (Å²) in [5, 5.41) is 10.7. The summed E-state index contributed by atoms with van der Waals surface area (Å²) < 4.78 is 14.0. The van der Waals surface area contributed by atoms with Crippen molar-refractivity contribution < 1.29 is 9.50 Å². The van der Waals surface area contributed by atoms with E-state index in [9.17, 15) is 9.50 Å². The van der Waals surface area contributed by atoms with Crippen LogP contribution in [0.3, 0.4) is 0 Å². The first-order valence-electron chi connectivity index (χ1n) is 6.29. The summed E-state index contributed by atoms with van der Waals surface area (Å²) in [5.41, 5.74) is 2.39. The van der Waals surface area contributed by atoms with E-state index < -0.39 is 5.60 Å². The normalized spacial score (nSPS) is 16.4. The Morgan fingerprint density at radius 2 is 1.68 bits per heavy atom. The molecule has 0 spiro atoms. The topological polar surface area (TPSA) is 20.2 Å². The van der Waals surface area contributed by atoms with E-state index >= 15 is 0 Å². The summed E-state index contributed by atoms with van der Waals surface area (Å²) in [6, 6.07) is 13.0. The zero-order chi connectivity index (χ0) is 13.5. The maximum atomic E-state index is 13.5. The Bertz CT molecular complexity index is 599. The smallest absolute Gasteiger partial charge is 0.137 e. The maximum absolute atomic E-state index is 13.5. The molecule has 1 aliphatic carbocycles. The highest BCUT2D eigenvalue weighted by molar-refractivity contribution is 9.10. The summed E-state index contributed by atoms with van der Waals surface area (Å²) in [6.07, 6.45) is 1.72. The molecule has 0 saturated heterocycles. The van der Waals surface area contributed by atoms with Crippen molar-refractivity contribution in [3.05, 3.63) is 69.4 Å². The van der Waals surface area contributed by atoms with Crippen LogP contribution in [0.5, 0.6) is 0 Å². The number of halogens is 2. The number of hydrogen-bond donors (Lipinski definition) is 1. The molecule has 0 fully saturated rings. The van der Waals surface area contributed by atoms with Crippen molar-refractivity contribution >= 4 is 15.9 Å². The minimum Gasteiger partial charge on any atom is -0.389 e. The molecule has 2 aromatic rings. The van der Waals surface area contributed by atoms with Gasteiger partial charge < -0.3 is 5.11 Å². The molecular formula is C16H14BrFO.